The van der Waals surface area contributed by atoms with Gasteiger partial charge in [0.2, 0.25) is 0 Å². The molecule has 0 aliphatic carbocycles. The number of ether oxygens (including phenoxy) is 1. The molecule has 0 rings (SSSR count). The van der Waals surface area contributed by atoms with Gasteiger partial charge in [0.25, 0.3) is 0 Å². The standard InChI is InChI=1S/C9H19NO3/c1-2-4-10-5-3-6-13-8-9(12)7-11/h2,9-12H,1,3-8H2. The van der Waals surface area contributed by atoms with E-state index in [1.54, 1.807) is 6.08 Å². The molecule has 0 aliphatic rings. The Balaban J connectivity index is 2.95. The molecule has 0 saturated carbocycles. The fourth-order valence-corrected chi connectivity index (χ4v) is 0.775. The summed E-state index contributed by atoms with van der Waals surface area (Å²) in [6, 6.07) is 0. The molecule has 78 valence electrons. The molecular formula is C9H19NO3. The first-order chi connectivity index (χ1) is 6.31. The molecule has 4 nitrogen and oxygen atoms in total. The molecular weight excluding hydrogens is 170 g/mol. The van der Waals surface area contributed by atoms with Gasteiger partial charge in [-0.05, 0) is 13.0 Å². The van der Waals surface area contributed by atoms with Gasteiger partial charge in [0.05, 0.1) is 13.2 Å². The first kappa shape index (κ1) is 12.6. The van der Waals surface area contributed by atoms with E-state index in [0.717, 1.165) is 19.5 Å². The molecule has 0 amide bonds. The topological polar surface area (TPSA) is 61.7 Å². The second-order valence-corrected chi connectivity index (χ2v) is 2.76. The quantitative estimate of drug-likeness (QED) is 0.339. The molecule has 0 fully saturated rings. The summed E-state index contributed by atoms with van der Waals surface area (Å²) in [7, 11) is 0. The highest BCUT2D eigenvalue weighted by Gasteiger charge is 1.99. The van der Waals surface area contributed by atoms with Crippen LogP contribution in [0.1, 0.15) is 6.42 Å². The maximum absolute atomic E-state index is 8.89. The average molecular weight is 189 g/mol. The SMILES string of the molecule is C=CCNCCCOCC(O)CO. The lowest BCUT2D eigenvalue weighted by molar-refractivity contribution is 0.00581. The number of hydrogen-bond donors (Lipinski definition) is 3. The van der Waals surface area contributed by atoms with Gasteiger partial charge in [-0.2, -0.15) is 0 Å². The molecule has 3 N–H and O–H groups in total. The molecule has 4 heteroatoms. The van der Waals surface area contributed by atoms with Gasteiger partial charge in [-0.15, -0.1) is 6.58 Å². The van der Waals surface area contributed by atoms with E-state index in [0.29, 0.717) is 6.61 Å². The highest BCUT2D eigenvalue weighted by atomic mass is 16.5. The lowest BCUT2D eigenvalue weighted by atomic mass is 10.4. The van der Waals surface area contributed by atoms with E-state index in [1.165, 1.54) is 0 Å². The Morgan fingerprint density at radius 3 is 2.92 bits per heavy atom. The monoisotopic (exact) mass is 189 g/mol. The van der Waals surface area contributed by atoms with E-state index in [-0.39, 0.29) is 13.2 Å². The molecule has 0 spiro atoms. The average Bonchev–Trinajstić information content (AvgIpc) is 2.16. The first-order valence-electron chi connectivity index (χ1n) is 4.49. The zero-order chi connectivity index (χ0) is 9.94. The Morgan fingerprint density at radius 2 is 2.31 bits per heavy atom. The third-order valence-electron chi connectivity index (χ3n) is 1.45. The van der Waals surface area contributed by atoms with Gasteiger partial charge in [-0.3, -0.25) is 0 Å². The van der Waals surface area contributed by atoms with Gasteiger partial charge < -0.3 is 20.3 Å². The zero-order valence-corrected chi connectivity index (χ0v) is 7.91. The molecule has 1 atom stereocenters. The fraction of sp³-hybridized carbons (Fsp3) is 0.778. The Morgan fingerprint density at radius 1 is 1.54 bits per heavy atom. The molecule has 1 unspecified atom stereocenters. The van der Waals surface area contributed by atoms with Crippen molar-refractivity contribution in [2.24, 2.45) is 0 Å². The lowest BCUT2D eigenvalue weighted by Crippen LogP contribution is -2.21. The molecule has 0 aromatic heterocycles. The molecule has 13 heavy (non-hydrogen) atoms. The van der Waals surface area contributed by atoms with Gasteiger partial charge in [0.1, 0.15) is 6.10 Å². The molecule has 0 aromatic carbocycles. The normalized spacial score (nSPS) is 12.8. The van der Waals surface area contributed by atoms with Gasteiger partial charge in [0, 0.05) is 13.2 Å². The third-order valence-corrected chi connectivity index (χ3v) is 1.45. The fourth-order valence-electron chi connectivity index (χ4n) is 0.775. The van der Waals surface area contributed by atoms with E-state index in [9.17, 15) is 0 Å². The summed E-state index contributed by atoms with van der Waals surface area (Å²) in [5.41, 5.74) is 0. The van der Waals surface area contributed by atoms with Crippen LogP contribution >= 0.6 is 0 Å². The van der Waals surface area contributed by atoms with Crippen LogP contribution in [0.15, 0.2) is 12.7 Å². The van der Waals surface area contributed by atoms with Crippen LogP contribution in [-0.2, 0) is 4.74 Å². The van der Waals surface area contributed by atoms with Gasteiger partial charge in [-0.25, -0.2) is 0 Å². The number of aliphatic hydroxyl groups excluding tert-OH is 2. The Kier molecular flexibility index (Phi) is 9.35. The van der Waals surface area contributed by atoms with Crippen molar-refractivity contribution in [3.8, 4) is 0 Å². The van der Waals surface area contributed by atoms with E-state index in [4.69, 9.17) is 14.9 Å². The van der Waals surface area contributed by atoms with Crippen molar-refractivity contribution >= 4 is 0 Å². The molecule has 0 aliphatic heterocycles. The zero-order valence-electron chi connectivity index (χ0n) is 7.91. The minimum atomic E-state index is -0.749. The second-order valence-electron chi connectivity index (χ2n) is 2.76. The van der Waals surface area contributed by atoms with Crippen LogP contribution in [-0.4, -0.2) is 49.2 Å². The van der Waals surface area contributed by atoms with Crippen LogP contribution in [0.25, 0.3) is 0 Å². The lowest BCUT2D eigenvalue weighted by Gasteiger charge is -2.07. The molecule has 0 saturated heterocycles. The van der Waals surface area contributed by atoms with E-state index in [2.05, 4.69) is 11.9 Å². The summed E-state index contributed by atoms with van der Waals surface area (Å²) >= 11 is 0. The van der Waals surface area contributed by atoms with Crippen LogP contribution in [0.3, 0.4) is 0 Å². The molecule has 0 bridgehead atoms. The highest BCUT2D eigenvalue weighted by molar-refractivity contribution is 4.69. The van der Waals surface area contributed by atoms with Crippen molar-refractivity contribution in [1.82, 2.24) is 5.32 Å². The summed E-state index contributed by atoms with van der Waals surface area (Å²) in [4.78, 5) is 0. The summed E-state index contributed by atoms with van der Waals surface area (Å²) < 4.78 is 5.09. The van der Waals surface area contributed by atoms with Crippen LogP contribution in [0.5, 0.6) is 0 Å². The number of aliphatic hydroxyl groups is 2. The first-order valence-corrected chi connectivity index (χ1v) is 4.49. The van der Waals surface area contributed by atoms with Gasteiger partial charge >= 0.3 is 0 Å². The maximum Gasteiger partial charge on any atom is 0.100 e. The smallest absolute Gasteiger partial charge is 0.100 e. The van der Waals surface area contributed by atoms with Crippen molar-refractivity contribution in [2.45, 2.75) is 12.5 Å². The molecule has 0 radical (unpaired) electrons. The van der Waals surface area contributed by atoms with E-state index < -0.39 is 6.10 Å². The Labute approximate surface area is 79.2 Å². The molecule has 0 heterocycles. The minimum absolute atomic E-state index is 0.206. The Bertz CT molecular complexity index is 119. The largest absolute Gasteiger partial charge is 0.394 e. The van der Waals surface area contributed by atoms with Crippen LogP contribution in [0.2, 0.25) is 0 Å². The minimum Gasteiger partial charge on any atom is -0.394 e. The number of rotatable bonds is 9. The van der Waals surface area contributed by atoms with Crippen LogP contribution in [0.4, 0.5) is 0 Å². The number of hydrogen-bond acceptors (Lipinski definition) is 4. The second kappa shape index (κ2) is 9.67. The Hall–Kier alpha value is -0.420. The summed E-state index contributed by atoms with van der Waals surface area (Å²) in [5.74, 6) is 0. The van der Waals surface area contributed by atoms with Gasteiger partial charge in [-0.1, -0.05) is 6.08 Å². The highest BCUT2D eigenvalue weighted by Crippen LogP contribution is 1.86. The van der Waals surface area contributed by atoms with Crippen molar-refractivity contribution in [1.29, 1.82) is 0 Å². The van der Waals surface area contributed by atoms with Crippen molar-refractivity contribution in [3.63, 3.8) is 0 Å². The predicted octanol–water partition coefficient (Wildman–Crippen LogP) is -0.478. The third kappa shape index (κ3) is 9.49. The summed E-state index contributed by atoms with van der Waals surface area (Å²) in [5, 5.41) is 20.5. The number of nitrogens with one attached hydrogen (secondary N) is 1. The van der Waals surface area contributed by atoms with Crippen LogP contribution in [0, 0.1) is 0 Å². The van der Waals surface area contributed by atoms with Crippen molar-refractivity contribution in [2.75, 3.05) is 32.9 Å². The molecule has 0 aromatic rings. The summed E-state index contributed by atoms with van der Waals surface area (Å²) in [6.45, 7) is 5.82. The van der Waals surface area contributed by atoms with E-state index in [1.807, 2.05) is 0 Å². The van der Waals surface area contributed by atoms with Crippen molar-refractivity contribution in [3.05, 3.63) is 12.7 Å². The van der Waals surface area contributed by atoms with Crippen molar-refractivity contribution < 1.29 is 14.9 Å². The van der Waals surface area contributed by atoms with E-state index >= 15 is 0 Å². The predicted molar refractivity (Wildman–Crippen MR) is 51.6 cm³/mol. The van der Waals surface area contributed by atoms with Gasteiger partial charge in [0.15, 0.2) is 0 Å². The summed E-state index contributed by atoms with van der Waals surface area (Å²) in [6.07, 6.45) is 1.95. The maximum atomic E-state index is 8.89. The van der Waals surface area contributed by atoms with Crippen LogP contribution < -0.4 is 5.32 Å².